The third-order valence-electron chi connectivity index (χ3n) is 2.65. The number of nitrogens with zero attached hydrogens (tertiary/aromatic N) is 1. The zero-order valence-electron chi connectivity index (χ0n) is 10.8. The molecule has 0 amide bonds. The van der Waals surface area contributed by atoms with Crippen LogP contribution in [0.25, 0.3) is 0 Å². The summed E-state index contributed by atoms with van der Waals surface area (Å²) >= 11 is 0. The Kier molecular flexibility index (Phi) is 5.42. The molecule has 0 aromatic carbocycles. The van der Waals surface area contributed by atoms with Crippen molar-refractivity contribution in [2.24, 2.45) is 0 Å². The Balaban J connectivity index is 2.64. The number of rotatable bonds is 7. The number of anilines is 1. The average Bonchev–Trinajstić information content (AvgIpc) is 2.31. The van der Waals surface area contributed by atoms with Crippen LogP contribution in [0.5, 0.6) is 0 Å². The fourth-order valence-corrected chi connectivity index (χ4v) is 1.73. The fourth-order valence-electron chi connectivity index (χ4n) is 1.73. The largest absolute Gasteiger partial charge is 0.481 e. The number of pyridine rings is 1. The van der Waals surface area contributed by atoms with E-state index in [0.717, 1.165) is 12.1 Å². The van der Waals surface area contributed by atoms with Gasteiger partial charge in [0.05, 0.1) is 5.69 Å². The quantitative estimate of drug-likeness (QED) is 0.777. The second-order valence-electron chi connectivity index (χ2n) is 4.43. The molecule has 1 aromatic heterocycles. The van der Waals surface area contributed by atoms with E-state index in [0.29, 0.717) is 13.0 Å². The average molecular weight is 252 g/mol. The molecule has 0 aliphatic heterocycles. The SMILES string of the molecule is CCCn1cc(NC(C)CCC(=O)O)ccc1=O. The number of aliphatic carboxylic acids is 1. The van der Waals surface area contributed by atoms with Gasteiger partial charge in [0.2, 0.25) is 0 Å². The Labute approximate surface area is 106 Å². The van der Waals surface area contributed by atoms with Crippen LogP contribution in [-0.4, -0.2) is 21.7 Å². The second kappa shape index (κ2) is 6.83. The van der Waals surface area contributed by atoms with Crippen molar-refractivity contribution < 1.29 is 9.90 Å². The Morgan fingerprint density at radius 1 is 1.50 bits per heavy atom. The van der Waals surface area contributed by atoms with Crippen LogP contribution in [0.15, 0.2) is 23.1 Å². The van der Waals surface area contributed by atoms with E-state index in [1.165, 1.54) is 6.07 Å². The van der Waals surface area contributed by atoms with Crippen molar-refractivity contribution in [3.8, 4) is 0 Å². The van der Waals surface area contributed by atoms with Gasteiger partial charge in [-0.1, -0.05) is 6.92 Å². The van der Waals surface area contributed by atoms with Crippen molar-refractivity contribution in [3.63, 3.8) is 0 Å². The van der Waals surface area contributed by atoms with Crippen molar-refractivity contribution in [2.75, 3.05) is 5.32 Å². The van der Waals surface area contributed by atoms with Crippen molar-refractivity contribution >= 4 is 11.7 Å². The molecule has 1 heterocycles. The summed E-state index contributed by atoms with van der Waals surface area (Å²) in [6, 6.07) is 3.32. The summed E-state index contributed by atoms with van der Waals surface area (Å²) in [7, 11) is 0. The molecular formula is C13H20N2O3. The van der Waals surface area contributed by atoms with Gasteiger partial charge in [0.25, 0.3) is 5.56 Å². The molecule has 5 heteroatoms. The highest BCUT2D eigenvalue weighted by atomic mass is 16.4. The van der Waals surface area contributed by atoms with E-state index in [-0.39, 0.29) is 18.0 Å². The van der Waals surface area contributed by atoms with Gasteiger partial charge in [-0.25, -0.2) is 0 Å². The maximum Gasteiger partial charge on any atom is 0.303 e. The Bertz CT molecular complexity index is 454. The normalized spacial score (nSPS) is 12.1. The maximum absolute atomic E-state index is 11.5. The number of carbonyl (C=O) groups is 1. The topological polar surface area (TPSA) is 71.3 Å². The number of carboxylic acids is 1. The summed E-state index contributed by atoms with van der Waals surface area (Å²) in [6.45, 7) is 4.64. The number of carboxylic acid groups (broad SMARTS) is 1. The number of nitrogens with one attached hydrogen (secondary N) is 1. The minimum absolute atomic E-state index is 0.0133. The number of aromatic nitrogens is 1. The number of aryl methyl sites for hydroxylation is 1. The number of hydrogen-bond acceptors (Lipinski definition) is 3. The van der Waals surface area contributed by atoms with Crippen molar-refractivity contribution in [3.05, 3.63) is 28.7 Å². The van der Waals surface area contributed by atoms with Crippen LogP contribution in [0.3, 0.4) is 0 Å². The summed E-state index contributed by atoms with van der Waals surface area (Å²) in [5.41, 5.74) is 0.835. The van der Waals surface area contributed by atoms with Gasteiger partial charge < -0.3 is 15.0 Å². The van der Waals surface area contributed by atoms with Gasteiger partial charge >= 0.3 is 5.97 Å². The second-order valence-corrected chi connectivity index (χ2v) is 4.43. The van der Waals surface area contributed by atoms with Gasteiger partial charge in [-0.05, 0) is 25.8 Å². The lowest BCUT2D eigenvalue weighted by Gasteiger charge is -2.15. The maximum atomic E-state index is 11.5. The van der Waals surface area contributed by atoms with Crippen LogP contribution >= 0.6 is 0 Å². The molecule has 5 nitrogen and oxygen atoms in total. The van der Waals surface area contributed by atoms with E-state index < -0.39 is 5.97 Å². The van der Waals surface area contributed by atoms with Crippen LogP contribution in [0.4, 0.5) is 5.69 Å². The van der Waals surface area contributed by atoms with Gasteiger partial charge in [-0.15, -0.1) is 0 Å². The van der Waals surface area contributed by atoms with Crippen LogP contribution in [-0.2, 0) is 11.3 Å². The van der Waals surface area contributed by atoms with Crippen molar-refractivity contribution in [1.82, 2.24) is 4.57 Å². The lowest BCUT2D eigenvalue weighted by atomic mass is 10.2. The molecular weight excluding hydrogens is 232 g/mol. The summed E-state index contributed by atoms with van der Waals surface area (Å²) < 4.78 is 1.66. The third-order valence-corrected chi connectivity index (χ3v) is 2.65. The summed E-state index contributed by atoms with van der Waals surface area (Å²) in [6.07, 6.45) is 3.38. The van der Waals surface area contributed by atoms with E-state index in [9.17, 15) is 9.59 Å². The molecule has 1 atom stereocenters. The van der Waals surface area contributed by atoms with E-state index >= 15 is 0 Å². The Morgan fingerprint density at radius 3 is 2.83 bits per heavy atom. The zero-order chi connectivity index (χ0) is 13.5. The first-order valence-electron chi connectivity index (χ1n) is 6.21. The standard InChI is InChI=1S/C13H20N2O3/c1-3-8-15-9-11(5-6-12(15)16)14-10(2)4-7-13(17)18/h5-6,9-10,14H,3-4,7-8H2,1-2H3,(H,17,18). The van der Waals surface area contributed by atoms with Crippen molar-refractivity contribution in [2.45, 2.75) is 45.7 Å². The summed E-state index contributed by atoms with van der Waals surface area (Å²) in [5.74, 6) is -0.792. The van der Waals surface area contributed by atoms with E-state index in [4.69, 9.17) is 5.11 Å². The highest BCUT2D eigenvalue weighted by Gasteiger charge is 2.06. The molecule has 1 unspecified atom stereocenters. The molecule has 0 aliphatic rings. The third kappa shape index (κ3) is 4.61. The van der Waals surface area contributed by atoms with E-state index in [1.807, 2.05) is 13.8 Å². The Morgan fingerprint density at radius 2 is 2.22 bits per heavy atom. The zero-order valence-corrected chi connectivity index (χ0v) is 10.8. The Hall–Kier alpha value is -1.78. The molecule has 100 valence electrons. The van der Waals surface area contributed by atoms with Gasteiger partial charge in [0, 0.05) is 31.3 Å². The van der Waals surface area contributed by atoms with Gasteiger partial charge in [-0.2, -0.15) is 0 Å². The smallest absolute Gasteiger partial charge is 0.303 e. The molecule has 0 bridgehead atoms. The van der Waals surface area contributed by atoms with Gasteiger partial charge in [0.1, 0.15) is 0 Å². The van der Waals surface area contributed by atoms with Crippen LogP contribution < -0.4 is 10.9 Å². The summed E-state index contributed by atoms with van der Waals surface area (Å²) in [4.78, 5) is 22.0. The minimum Gasteiger partial charge on any atom is -0.481 e. The van der Waals surface area contributed by atoms with Crippen molar-refractivity contribution in [1.29, 1.82) is 0 Å². The molecule has 0 fully saturated rings. The molecule has 1 rings (SSSR count). The van der Waals surface area contributed by atoms with Gasteiger partial charge in [0.15, 0.2) is 0 Å². The van der Waals surface area contributed by atoms with E-state index in [2.05, 4.69) is 5.32 Å². The molecule has 18 heavy (non-hydrogen) atoms. The lowest BCUT2D eigenvalue weighted by Crippen LogP contribution is -2.21. The lowest BCUT2D eigenvalue weighted by molar-refractivity contribution is -0.137. The fraction of sp³-hybridized carbons (Fsp3) is 0.538. The predicted molar refractivity (Wildman–Crippen MR) is 70.9 cm³/mol. The van der Waals surface area contributed by atoms with Gasteiger partial charge in [-0.3, -0.25) is 9.59 Å². The van der Waals surface area contributed by atoms with Crippen LogP contribution in [0.2, 0.25) is 0 Å². The highest BCUT2D eigenvalue weighted by Crippen LogP contribution is 2.09. The molecule has 0 saturated carbocycles. The number of hydrogen-bond donors (Lipinski definition) is 2. The first kappa shape index (κ1) is 14.3. The first-order valence-corrected chi connectivity index (χ1v) is 6.21. The highest BCUT2D eigenvalue weighted by molar-refractivity contribution is 5.66. The monoisotopic (exact) mass is 252 g/mol. The van der Waals surface area contributed by atoms with Crippen LogP contribution in [0.1, 0.15) is 33.1 Å². The first-order chi connectivity index (χ1) is 8.52. The molecule has 0 radical (unpaired) electrons. The molecule has 1 aromatic rings. The summed E-state index contributed by atoms with van der Waals surface area (Å²) in [5, 5.41) is 11.8. The predicted octanol–water partition coefficient (Wildman–Crippen LogP) is 1.92. The van der Waals surface area contributed by atoms with E-state index in [1.54, 1.807) is 16.8 Å². The minimum atomic E-state index is -0.792. The molecule has 2 N–H and O–H groups in total. The molecule has 0 spiro atoms. The molecule has 0 aliphatic carbocycles. The van der Waals surface area contributed by atoms with Crippen LogP contribution in [0, 0.1) is 0 Å². The molecule has 0 saturated heterocycles.